The van der Waals surface area contributed by atoms with Gasteiger partial charge in [0.05, 0.1) is 22.8 Å². The molecule has 0 saturated heterocycles. The molecule has 190 valence electrons. The highest BCUT2D eigenvalue weighted by atomic mass is 32.2. The van der Waals surface area contributed by atoms with Crippen LogP contribution in [0.5, 0.6) is 5.75 Å². The zero-order valence-electron chi connectivity index (χ0n) is 20.7. The Morgan fingerprint density at radius 1 is 1.09 bits per heavy atom. The first-order valence-corrected chi connectivity index (χ1v) is 14.1. The molecule has 35 heavy (non-hydrogen) atoms. The molecule has 1 amide bonds. The van der Waals surface area contributed by atoms with Crippen molar-refractivity contribution in [2.45, 2.75) is 45.1 Å². The number of rotatable bonds is 12. The van der Waals surface area contributed by atoms with Crippen molar-refractivity contribution in [3.63, 3.8) is 0 Å². The Bertz CT molecular complexity index is 1310. The van der Waals surface area contributed by atoms with Crippen LogP contribution in [0.4, 0.5) is 0 Å². The molecule has 0 radical (unpaired) electrons. The van der Waals surface area contributed by atoms with Gasteiger partial charge in [-0.3, -0.25) is 4.79 Å². The number of benzene rings is 2. The van der Waals surface area contributed by atoms with Gasteiger partial charge in [-0.1, -0.05) is 30.7 Å². The van der Waals surface area contributed by atoms with Crippen molar-refractivity contribution in [3.8, 4) is 5.75 Å². The van der Waals surface area contributed by atoms with Gasteiger partial charge in [-0.15, -0.1) is 0 Å². The molecule has 3 rings (SSSR count). The molecular weight excluding hydrogens is 486 g/mol. The summed E-state index contributed by atoms with van der Waals surface area (Å²) in [5, 5.41) is 0. The van der Waals surface area contributed by atoms with Gasteiger partial charge < -0.3 is 14.0 Å². The normalized spacial score (nSPS) is 12.5. The largest absolute Gasteiger partial charge is 0.492 e. The topological polar surface area (TPSA) is 90.2 Å². The molecular formula is C25H33N3O5S2. The summed E-state index contributed by atoms with van der Waals surface area (Å²) in [6.45, 7) is 8.43. The number of fused-ring (bicyclic) bond motifs is 1. The van der Waals surface area contributed by atoms with E-state index in [0.29, 0.717) is 43.3 Å². The van der Waals surface area contributed by atoms with Crippen LogP contribution in [0.25, 0.3) is 10.2 Å². The molecule has 0 spiro atoms. The molecule has 0 aliphatic heterocycles. The number of thiazole rings is 1. The third-order valence-corrected chi connectivity index (χ3v) is 8.38. The van der Waals surface area contributed by atoms with Crippen molar-refractivity contribution in [1.82, 2.24) is 8.87 Å². The van der Waals surface area contributed by atoms with E-state index < -0.39 is 15.9 Å². The lowest BCUT2D eigenvalue weighted by molar-refractivity contribution is 0.0996. The van der Waals surface area contributed by atoms with E-state index >= 15 is 0 Å². The standard InChI is InChI=1S/C25H33N3O5S2/c1-5-8-16-27(4)35(30,31)20-14-12-19(13-15-20)24(29)26-25-28(17-18-32-6-2)23-21(33-7-3)10-9-11-22(23)34-25/h9-15H,5-8,16-18H2,1-4H3. The maximum Gasteiger partial charge on any atom is 0.279 e. The van der Waals surface area contributed by atoms with E-state index in [1.54, 1.807) is 7.05 Å². The van der Waals surface area contributed by atoms with Gasteiger partial charge in [0.2, 0.25) is 10.0 Å². The van der Waals surface area contributed by atoms with Crippen LogP contribution in [0.3, 0.4) is 0 Å². The summed E-state index contributed by atoms with van der Waals surface area (Å²) >= 11 is 1.40. The average Bonchev–Trinajstić information content (AvgIpc) is 3.20. The van der Waals surface area contributed by atoms with Crippen LogP contribution in [0.1, 0.15) is 44.0 Å². The van der Waals surface area contributed by atoms with Crippen molar-refractivity contribution in [2.75, 3.05) is 33.4 Å². The Balaban J connectivity index is 1.96. The third-order valence-electron chi connectivity index (χ3n) is 5.46. The van der Waals surface area contributed by atoms with Gasteiger partial charge in [0, 0.05) is 32.3 Å². The Kier molecular flexibility index (Phi) is 9.62. The minimum absolute atomic E-state index is 0.155. The first-order chi connectivity index (χ1) is 16.8. The lowest BCUT2D eigenvalue weighted by Gasteiger charge is -2.16. The van der Waals surface area contributed by atoms with Crippen molar-refractivity contribution in [1.29, 1.82) is 0 Å². The minimum Gasteiger partial charge on any atom is -0.492 e. The molecule has 10 heteroatoms. The summed E-state index contributed by atoms with van der Waals surface area (Å²) in [4.78, 5) is 18.1. The molecule has 8 nitrogen and oxygen atoms in total. The number of nitrogens with zero attached hydrogens (tertiary/aromatic N) is 3. The van der Waals surface area contributed by atoms with Crippen LogP contribution in [0.15, 0.2) is 52.4 Å². The van der Waals surface area contributed by atoms with Crippen LogP contribution in [0, 0.1) is 0 Å². The lowest BCUT2D eigenvalue weighted by atomic mass is 10.2. The second-order valence-corrected chi connectivity index (χ2v) is 10.9. The van der Waals surface area contributed by atoms with E-state index in [9.17, 15) is 13.2 Å². The van der Waals surface area contributed by atoms with Gasteiger partial charge in [0.1, 0.15) is 11.3 Å². The fourth-order valence-corrected chi connectivity index (χ4v) is 5.85. The Morgan fingerprint density at radius 2 is 1.83 bits per heavy atom. The summed E-state index contributed by atoms with van der Waals surface area (Å²) in [6.07, 6.45) is 1.69. The number of hydrogen-bond donors (Lipinski definition) is 0. The SMILES string of the molecule is CCCCN(C)S(=O)(=O)c1ccc(C(=O)N=c2sc3cccc(OCC)c3n2CCOCC)cc1. The summed E-state index contributed by atoms with van der Waals surface area (Å²) < 4.78 is 41.1. The maximum absolute atomic E-state index is 13.0. The van der Waals surface area contributed by atoms with E-state index in [1.807, 2.05) is 43.5 Å². The first kappa shape index (κ1) is 27.1. The first-order valence-electron chi connectivity index (χ1n) is 11.8. The molecule has 1 aromatic heterocycles. The van der Waals surface area contributed by atoms with E-state index in [4.69, 9.17) is 9.47 Å². The van der Waals surface area contributed by atoms with Gasteiger partial charge in [0.25, 0.3) is 5.91 Å². The molecule has 0 saturated carbocycles. The number of sulfonamides is 1. The Labute approximate surface area is 210 Å². The van der Waals surface area contributed by atoms with Crippen LogP contribution >= 0.6 is 11.3 Å². The molecule has 0 bridgehead atoms. The molecule has 0 aliphatic rings. The van der Waals surface area contributed by atoms with Gasteiger partial charge >= 0.3 is 0 Å². The number of ether oxygens (including phenoxy) is 2. The smallest absolute Gasteiger partial charge is 0.279 e. The average molecular weight is 520 g/mol. The lowest BCUT2D eigenvalue weighted by Crippen LogP contribution is -2.27. The molecule has 0 unspecified atom stereocenters. The second kappa shape index (κ2) is 12.4. The highest BCUT2D eigenvalue weighted by Gasteiger charge is 2.20. The highest BCUT2D eigenvalue weighted by molar-refractivity contribution is 7.89. The van der Waals surface area contributed by atoms with E-state index in [1.165, 1.54) is 39.9 Å². The molecule has 0 N–H and O–H groups in total. The predicted octanol–water partition coefficient (Wildman–Crippen LogP) is 4.30. The molecule has 0 fully saturated rings. The van der Waals surface area contributed by atoms with Crippen LogP contribution in [-0.4, -0.2) is 56.6 Å². The van der Waals surface area contributed by atoms with Gasteiger partial charge in [-0.2, -0.15) is 4.99 Å². The Hall–Kier alpha value is -2.53. The maximum atomic E-state index is 13.0. The zero-order valence-corrected chi connectivity index (χ0v) is 22.3. The number of para-hydroxylation sites is 1. The zero-order chi connectivity index (χ0) is 25.4. The van der Waals surface area contributed by atoms with Crippen molar-refractivity contribution < 1.29 is 22.7 Å². The number of carbonyl (C=O) groups is 1. The van der Waals surface area contributed by atoms with Gasteiger partial charge in [-0.25, -0.2) is 12.7 Å². The number of carbonyl (C=O) groups excluding carboxylic acids is 1. The van der Waals surface area contributed by atoms with E-state index in [2.05, 4.69) is 4.99 Å². The highest BCUT2D eigenvalue weighted by Crippen LogP contribution is 2.27. The minimum atomic E-state index is -3.60. The molecule has 0 aliphatic carbocycles. The predicted molar refractivity (Wildman–Crippen MR) is 139 cm³/mol. The van der Waals surface area contributed by atoms with Crippen LogP contribution in [0.2, 0.25) is 0 Å². The number of hydrogen-bond acceptors (Lipinski definition) is 6. The third kappa shape index (κ3) is 6.38. The molecule has 1 heterocycles. The molecule has 0 atom stereocenters. The fourth-order valence-electron chi connectivity index (χ4n) is 3.56. The monoisotopic (exact) mass is 519 g/mol. The number of aromatic nitrogens is 1. The second-order valence-electron chi connectivity index (χ2n) is 7.89. The van der Waals surface area contributed by atoms with Crippen molar-refractivity contribution in [3.05, 3.63) is 52.8 Å². The summed E-state index contributed by atoms with van der Waals surface area (Å²) in [6, 6.07) is 11.7. The Morgan fingerprint density at radius 3 is 2.49 bits per heavy atom. The molecule has 2 aromatic carbocycles. The van der Waals surface area contributed by atoms with Crippen LogP contribution < -0.4 is 9.54 Å². The number of unbranched alkanes of at least 4 members (excludes halogenated alkanes) is 1. The summed E-state index contributed by atoms with van der Waals surface area (Å²) in [5.74, 6) is 0.288. The van der Waals surface area contributed by atoms with Crippen LogP contribution in [-0.2, 0) is 21.3 Å². The summed E-state index contributed by atoms with van der Waals surface area (Å²) in [7, 11) is -2.03. The van der Waals surface area contributed by atoms with Gasteiger partial charge in [0.15, 0.2) is 4.80 Å². The number of amides is 1. The van der Waals surface area contributed by atoms with E-state index in [0.717, 1.165) is 28.8 Å². The van der Waals surface area contributed by atoms with Crippen molar-refractivity contribution in [2.24, 2.45) is 4.99 Å². The summed E-state index contributed by atoms with van der Waals surface area (Å²) in [5.41, 5.74) is 1.20. The van der Waals surface area contributed by atoms with Gasteiger partial charge in [-0.05, 0) is 56.7 Å². The fraction of sp³-hybridized carbons (Fsp3) is 0.440. The van der Waals surface area contributed by atoms with Crippen molar-refractivity contribution >= 4 is 37.5 Å². The molecule has 3 aromatic rings. The quantitative estimate of drug-likeness (QED) is 0.333. The van der Waals surface area contributed by atoms with E-state index in [-0.39, 0.29) is 4.90 Å².